The number of rotatable bonds is 2. The fourth-order valence-corrected chi connectivity index (χ4v) is 1.72. The van der Waals surface area contributed by atoms with Gasteiger partial charge in [-0.25, -0.2) is 0 Å². The van der Waals surface area contributed by atoms with Crippen molar-refractivity contribution in [3.63, 3.8) is 0 Å². The number of halogens is 3. The van der Waals surface area contributed by atoms with Gasteiger partial charge in [0.1, 0.15) is 0 Å². The molecular formula is C15H12F3. The van der Waals surface area contributed by atoms with Gasteiger partial charge in [0.25, 0.3) is 0 Å². The van der Waals surface area contributed by atoms with Crippen molar-refractivity contribution in [2.45, 2.75) is 13.1 Å². The molecule has 0 N–H and O–H groups in total. The number of hydrogen-bond donors (Lipinski definition) is 0. The molecule has 0 saturated carbocycles. The maximum atomic E-state index is 12.4. The number of benzene rings is 2. The van der Waals surface area contributed by atoms with Crippen LogP contribution in [0.1, 0.15) is 18.1 Å². The molecule has 93 valence electrons. The first-order chi connectivity index (χ1) is 8.50. The summed E-state index contributed by atoms with van der Waals surface area (Å²) in [5.41, 5.74) is 2.16. The maximum Gasteiger partial charge on any atom is 0.416 e. The topological polar surface area (TPSA) is 0 Å². The minimum atomic E-state index is -4.28. The van der Waals surface area contributed by atoms with Crippen LogP contribution in [0.3, 0.4) is 0 Å². The minimum absolute atomic E-state index is 0.621. The van der Waals surface area contributed by atoms with Gasteiger partial charge in [-0.05, 0) is 35.2 Å². The first-order valence-corrected chi connectivity index (χ1v) is 5.58. The van der Waals surface area contributed by atoms with Gasteiger partial charge >= 0.3 is 6.18 Å². The first kappa shape index (κ1) is 12.7. The van der Waals surface area contributed by atoms with Crippen molar-refractivity contribution in [1.29, 1.82) is 0 Å². The quantitative estimate of drug-likeness (QED) is 0.706. The molecule has 0 aliphatic carbocycles. The Hall–Kier alpha value is -1.77. The molecule has 0 unspecified atom stereocenters. The number of alkyl halides is 3. The van der Waals surface area contributed by atoms with Crippen molar-refractivity contribution < 1.29 is 13.2 Å². The van der Waals surface area contributed by atoms with Crippen molar-refractivity contribution in [2.24, 2.45) is 0 Å². The van der Waals surface area contributed by atoms with E-state index in [4.69, 9.17) is 0 Å². The van der Waals surface area contributed by atoms with Crippen LogP contribution >= 0.6 is 0 Å². The fraction of sp³-hybridized carbons (Fsp3) is 0.133. The van der Waals surface area contributed by atoms with Crippen LogP contribution in [0, 0.1) is 6.42 Å². The Morgan fingerprint density at radius 3 is 1.61 bits per heavy atom. The van der Waals surface area contributed by atoms with Crippen molar-refractivity contribution >= 4 is 0 Å². The van der Waals surface area contributed by atoms with E-state index in [2.05, 4.69) is 0 Å². The SMILES string of the molecule is C[CH]c1ccc(-c2ccc(C(F)(F)F)cc2)cc1. The fourth-order valence-electron chi connectivity index (χ4n) is 1.72. The van der Waals surface area contributed by atoms with Gasteiger partial charge in [-0.2, -0.15) is 13.2 Å². The largest absolute Gasteiger partial charge is 0.416 e. The van der Waals surface area contributed by atoms with E-state index in [-0.39, 0.29) is 0 Å². The monoisotopic (exact) mass is 249 g/mol. The lowest BCUT2D eigenvalue weighted by molar-refractivity contribution is -0.137. The third-order valence-corrected chi connectivity index (χ3v) is 2.79. The van der Waals surface area contributed by atoms with Crippen LogP contribution in [0.5, 0.6) is 0 Å². The Bertz CT molecular complexity index is 507. The van der Waals surface area contributed by atoms with Gasteiger partial charge in [0.15, 0.2) is 0 Å². The molecule has 0 amide bonds. The zero-order valence-electron chi connectivity index (χ0n) is 9.83. The summed E-state index contributed by atoms with van der Waals surface area (Å²) >= 11 is 0. The Morgan fingerprint density at radius 2 is 1.22 bits per heavy atom. The van der Waals surface area contributed by atoms with Gasteiger partial charge < -0.3 is 0 Å². The molecule has 0 aliphatic rings. The van der Waals surface area contributed by atoms with Crippen molar-refractivity contribution in [2.75, 3.05) is 0 Å². The summed E-state index contributed by atoms with van der Waals surface area (Å²) in [5.74, 6) is 0. The molecule has 0 bridgehead atoms. The van der Waals surface area contributed by atoms with Gasteiger partial charge in [0, 0.05) is 0 Å². The van der Waals surface area contributed by atoms with Crippen LogP contribution in [0.4, 0.5) is 13.2 Å². The summed E-state index contributed by atoms with van der Waals surface area (Å²) in [4.78, 5) is 0. The highest BCUT2D eigenvalue weighted by Crippen LogP contribution is 2.31. The van der Waals surface area contributed by atoms with E-state index in [1.54, 1.807) is 0 Å². The summed E-state index contributed by atoms with van der Waals surface area (Å²) in [6, 6.07) is 12.9. The van der Waals surface area contributed by atoms with Crippen LogP contribution in [0.2, 0.25) is 0 Å². The normalized spacial score (nSPS) is 11.6. The van der Waals surface area contributed by atoms with Gasteiger partial charge in [0.2, 0.25) is 0 Å². The summed E-state index contributed by atoms with van der Waals surface area (Å²) in [6.07, 6.45) is -2.31. The first-order valence-electron chi connectivity index (χ1n) is 5.58. The summed E-state index contributed by atoms with van der Waals surface area (Å²) in [7, 11) is 0. The van der Waals surface area contributed by atoms with E-state index in [1.165, 1.54) is 12.1 Å². The van der Waals surface area contributed by atoms with Gasteiger partial charge in [-0.1, -0.05) is 43.3 Å². The lowest BCUT2D eigenvalue weighted by Gasteiger charge is -2.08. The van der Waals surface area contributed by atoms with Crippen molar-refractivity contribution in [3.05, 3.63) is 66.1 Å². The van der Waals surface area contributed by atoms with E-state index in [0.29, 0.717) is 0 Å². The van der Waals surface area contributed by atoms with Crippen LogP contribution in [0.15, 0.2) is 48.5 Å². The highest BCUT2D eigenvalue weighted by Gasteiger charge is 2.29. The molecule has 3 heteroatoms. The second kappa shape index (κ2) is 4.84. The summed E-state index contributed by atoms with van der Waals surface area (Å²) in [5, 5.41) is 0. The lowest BCUT2D eigenvalue weighted by Crippen LogP contribution is -2.03. The molecule has 0 heterocycles. The Balaban J connectivity index is 2.28. The molecule has 2 aromatic rings. The smallest absolute Gasteiger partial charge is 0.166 e. The highest BCUT2D eigenvalue weighted by atomic mass is 19.4. The van der Waals surface area contributed by atoms with E-state index in [1.807, 2.05) is 37.6 Å². The zero-order valence-corrected chi connectivity index (χ0v) is 9.83. The Kier molecular flexibility index (Phi) is 3.41. The molecule has 0 spiro atoms. The molecule has 0 nitrogen and oxygen atoms in total. The predicted molar refractivity (Wildman–Crippen MR) is 66.0 cm³/mol. The molecule has 1 radical (unpaired) electrons. The molecule has 0 atom stereocenters. The van der Waals surface area contributed by atoms with Crippen LogP contribution in [-0.4, -0.2) is 0 Å². The molecule has 2 aromatic carbocycles. The van der Waals surface area contributed by atoms with E-state index in [0.717, 1.165) is 28.8 Å². The lowest BCUT2D eigenvalue weighted by atomic mass is 10.0. The predicted octanol–water partition coefficient (Wildman–Crippen LogP) is 4.94. The molecule has 0 aliphatic heterocycles. The second-order valence-electron chi connectivity index (χ2n) is 3.99. The third kappa shape index (κ3) is 2.73. The standard InChI is InChI=1S/C15H12F3/c1-2-11-3-5-12(6-4-11)13-7-9-14(10-8-13)15(16,17)18/h2-10H,1H3. The average Bonchev–Trinajstić information content (AvgIpc) is 2.38. The third-order valence-electron chi connectivity index (χ3n) is 2.79. The van der Waals surface area contributed by atoms with Gasteiger partial charge in [-0.3, -0.25) is 0 Å². The van der Waals surface area contributed by atoms with Crippen LogP contribution in [0.25, 0.3) is 11.1 Å². The molecule has 0 fully saturated rings. The second-order valence-corrected chi connectivity index (χ2v) is 3.99. The van der Waals surface area contributed by atoms with E-state index >= 15 is 0 Å². The average molecular weight is 249 g/mol. The maximum absolute atomic E-state index is 12.4. The highest BCUT2D eigenvalue weighted by molar-refractivity contribution is 5.64. The Labute approximate surface area is 104 Å². The minimum Gasteiger partial charge on any atom is -0.166 e. The van der Waals surface area contributed by atoms with Gasteiger partial charge in [-0.15, -0.1) is 0 Å². The summed E-state index contributed by atoms with van der Waals surface area (Å²) in [6.45, 7) is 1.94. The van der Waals surface area contributed by atoms with Gasteiger partial charge in [0.05, 0.1) is 5.56 Å². The molecule has 0 saturated heterocycles. The van der Waals surface area contributed by atoms with Crippen molar-refractivity contribution in [3.8, 4) is 11.1 Å². The molecular weight excluding hydrogens is 237 g/mol. The van der Waals surface area contributed by atoms with E-state index in [9.17, 15) is 13.2 Å². The molecule has 0 aromatic heterocycles. The number of hydrogen-bond acceptors (Lipinski definition) is 0. The van der Waals surface area contributed by atoms with Crippen LogP contribution < -0.4 is 0 Å². The molecule has 18 heavy (non-hydrogen) atoms. The summed E-state index contributed by atoms with van der Waals surface area (Å²) < 4.78 is 37.2. The van der Waals surface area contributed by atoms with E-state index < -0.39 is 11.7 Å². The van der Waals surface area contributed by atoms with Crippen LogP contribution in [-0.2, 0) is 6.18 Å². The zero-order chi connectivity index (χ0) is 13.2. The Morgan fingerprint density at radius 1 is 0.778 bits per heavy atom. The van der Waals surface area contributed by atoms with Crippen molar-refractivity contribution in [1.82, 2.24) is 0 Å². The molecule has 2 rings (SSSR count).